The first kappa shape index (κ1) is 13.5. The van der Waals surface area contributed by atoms with Gasteiger partial charge >= 0.3 is 0 Å². The quantitative estimate of drug-likeness (QED) is 0.852. The highest BCUT2D eigenvalue weighted by Gasteiger charge is 2.15. The number of amides is 1. The van der Waals surface area contributed by atoms with Crippen LogP contribution >= 0.6 is 11.3 Å². The van der Waals surface area contributed by atoms with E-state index >= 15 is 0 Å². The molecule has 0 N–H and O–H groups in total. The lowest BCUT2D eigenvalue weighted by atomic mass is 10.2. The first-order valence-corrected chi connectivity index (χ1v) is 6.70. The molecular weight excluding hydrogens is 262 g/mol. The molecule has 0 atom stereocenters. The monoisotopic (exact) mass is 277 g/mol. The minimum atomic E-state index is -0.228. The molecule has 19 heavy (non-hydrogen) atoms. The molecule has 0 saturated carbocycles. The topological polar surface area (TPSA) is 55.2 Å². The van der Waals surface area contributed by atoms with Crippen LogP contribution in [0.2, 0.25) is 0 Å². The average Bonchev–Trinajstić information content (AvgIpc) is 2.77. The van der Waals surface area contributed by atoms with Gasteiger partial charge < -0.3 is 4.90 Å². The number of carbonyl (C=O) groups is 1. The Kier molecular flexibility index (Phi) is 3.80. The van der Waals surface area contributed by atoms with Crippen molar-refractivity contribution in [3.8, 4) is 0 Å². The summed E-state index contributed by atoms with van der Waals surface area (Å²) >= 11 is 1.63. The number of aromatic nitrogens is 2. The van der Waals surface area contributed by atoms with E-state index in [9.17, 15) is 9.59 Å². The van der Waals surface area contributed by atoms with Crippen LogP contribution < -0.4 is 5.56 Å². The average molecular weight is 277 g/mol. The molecule has 0 radical (unpaired) electrons. The summed E-state index contributed by atoms with van der Waals surface area (Å²) < 4.78 is 1.16. The highest BCUT2D eigenvalue weighted by Crippen LogP contribution is 2.17. The molecule has 100 valence electrons. The smallest absolute Gasteiger partial charge is 0.274 e. The Hall–Kier alpha value is -1.95. The molecule has 0 aliphatic carbocycles. The molecule has 0 spiro atoms. The molecule has 5 nitrogen and oxygen atoms in total. The molecule has 1 amide bonds. The van der Waals surface area contributed by atoms with E-state index in [-0.39, 0.29) is 17.2 Å². The van der Waals surface area contributed by atoms with Crippen molar-refractivity contribution in [3.05, 3.63) is 50.1 Å². The van der Waals surface area contributed by atoms with E-state index in [2.05, 4.69) is 5.10 Å². The van der Waals surface area contributed by atoms with Gasteiger partial charge in [-0.05, 0) is 30.0 Å². The lowest BCUT2D eigenvalue weighted by Gasteiger charge is -2.16. The van der Waals surface area contributed by atoms with Crippen molar-refractivity contribution in [2.24, 2.45) is 7.05 Å². The van der Waals surface area contributed by atoms with E-state index < -0.39 is 0 Å². The van der Waals surface area contributed by atoms with Crippen LogP contribution in [0.1, 0.15) is 20.9 Å². The Balaban J connectivity index is 2.17. The van der Waals surface area contributed by atoms with E-state index in [0.717, 1.165) is 9.56 Å². The molecule has 0 saturated heterocycles. The number of hydrogen-bond donors (Lipinski definition) is 0. The van der Waals surface area contributed by atoms with Gasteiger partial charge in [0.25, 0.3) is 11.5 Å². The molecule has 2 aromatic heterocycles. The molecule has 2 aromatic rings. The maximum absolute atomic E-state index is 12.2. The van der Waals surface area contributed by atoms with Crippen molar-refractivity contribution in [2.45, 2.75) is 13.5 Å². The summed E-state index contributed by atoms with van der Waals surface area (Å²) in [6, 6.07) is 4.84. The first-order valence-electron chi connectivity index (χ1n) is 5.82. The summed E-state index contributed by atoms with van der Waals surface area (Å²) in [7, 11) is 3.26. The van der Waals surface area contributed by atoms with Gasteiger partial charge in [0, 0.05) is 25.0 Å². The van der Waals surface area contributed by atoms with Crippen molar-refractivity contribution in [1.29, 1.82) is 0 Å². The molecule has 2 rings (SSSR count). The maximum Gasteiger partial charge on any atom is 0.274 e. The highest BCUT2D eigenvalue weighted by molar-refractivity contribution is 7.10. The zero-order chi connectivity index (χ0) is 14.0. The van der Waals surface area contributed by atoms with Crippen molar-refractivity contribution < 1.29 is 4.79 Å². The fraction of sp³-hybridized carbons (Fsp3) is 0.308. The van der Waals surface area contributed by atoms with Crippen LogP contribution in [0.5, 0.6) is 0 Å². The Morgan fingerprint density at radius 2 is 2.16 bits per heavy atom. The Morgan fingerprint density at radius 3 is 2.74 bits per heavy atom. The zero-order valence-corrected chi connectivity index (χ0v) is 11.9. The van der Waals surface area contributed by atoms with E-state index in [1.54, 1.807) is 23.3 Å². The van der Waals surface area contributed by atoms with E-state index in [0.29, 0.717) is 6.54 Å². The van der Waals surface area contributed by atoms with Gasteiger partial charge in [0.1, 0.15) is 5.69 Å². The summed E-state index contributed by atoms with van der Waals surface area (Å²) in [5, 5.41) is 5.97. The minimum absolute atomic E-state index is 0.191. The second-order valence-corrected chi connectivity index (χ2v) is 5.37. The number of thiophene rings is 1. The van der Waals surface area contributed by atoms with E-state index in [1.165, 1.54) is 24.7 Å². The van der Waals surface area contributed by atoms with Crippen LogP contribution in [0, 0.1) is 6.92 Å². The predicted octanol–water partition coefficient (Wildman–Crippen LogP) is 1.42. The van der Waals surface area contributed by atoms with E-state index in [1.807, 2.05) is 18.4 Å². The molecule has 2 heterocycles. The third-order valence-corrected chi connectivity index (χ3v) is 3.88. The number of nitrogens with zero attached hydrogens (tertiary/aromatic N) is 3. The number of carbonyl (C=O) groups excluding carboxylic acids is 1. The van der Waals surface area contributed by atoms with Crippen molar-refractivity contribution in [2.75, 3.05) is 7.05 Å². The summed E-state index contributed by atoms with van der Waals surface area (Å²) in [6.45, 7) is 2.57. The second kappa shape index (κ2) is 5.36. The third-order valence-electron chi connectivity index (χ3n) is 2.88. The molecule has 0 aliphatic heterocycles. The molecule has 0 aromatic carbocycles. The SMILES string of the molecule is Cc1ccsc1CN(C)C(=O)c1ccc(=O)n(C)n1. The fourth-order valence-corrected chi connectivity index (χ4v) is 2.62. The van der Waals surface area contributed by atoms with E-state index in [4.69, 9.17) is 0 Å². The van der Waals surface area contributed by atoms with Gasteiger partial charge in [0.05, 0.1) is 6.54 Å². The lowest BCUT2D eigenvalue weighted by Crippen LogP contribution is -2.30. The zero-order valence-electron chi connectivity index (χ0n) is 11.1. The molecule has 0 bridgehead atoms. The van der Waals surface area contributed by atoms with Gasteiger partial charge in [-0.2, -0.15) is 5.10 Å². The van der Waals surface area contributed by atoms with Crippen LogP contribution in [0.4, 0.5) is 0 Å². The highest BCUT2D eigenvalue weighted by atomic mass is 32.1. The summed E-state index contributed by atoms with van der Waals surface area (Å²) in [5.41, 5.74) is 1.23. The molecule has 0 fully saturated rings. The molecular formula is C13H15N3O2S. The number of aryl methyl sites for hydroxylation is 2. The molecule has 0 aliphatic rings. The minimum Gasteiger partial charge on any atom is -0.335 e. The van der Waals surface area contributed by atoms with Crippen LogP contribution in [0.3, 0.4) is 0 Å². The third kappa shape index (κ3) is 2.90. The summed E-state index contributed by atoms with van der Waals surface area (Å²) in [6.07, 6.45) is 0. The number of rotatable bonds is 3. The Morgan fingerprint density at radius 1 is 1.42 bits per heavy atom. The van der Waals surface area contributed by atoms with Crippen LogP contribution in [-0.4, -0.2) is 27.6 Å². The van der Waals surface area contributed by atoms with Crippen LogP contribution in [-0.2, 0) is 13.6 Å². The Labute approximate surface area is 115 Å². The standard InChI is InChI=1S/C13H15N3O2S/c1-9-6-7-19-11(9)8-15(2)13(18)10-4-5-12(17)16(3)14-10/h4-7H,8H2,1-3H3. The normalized spacial score (nSPS) is 10.5. The van der Waals surface area contributed by atoms with Gasteiger partial charge in [-0.25, -0.2) is 4.68 Å². The first-order chi connectivity index (χ1) is 8.99. The predicted molar refractivity (Wildman–Crippen MR) is 74.3 cm³/mol. The maximum atomic E-state index is 12.2. The number of hydrogen-bond acceptors (Lipinski definition) is 4. The van der Waals surface area contributed by atoms with Crippen LogP contribution in [0.25, 0.3) is 0 Å². The van der Waals surface area contributed by atoms with Gasteiger partial charge in [0.15, 0.2) is 0 Å². The summed E-state index contributed by atoms with van der Waals surface area (Å²) in [5.74, 6) is -0.191. The van der Waals surface area contributed by atoms with Gasteiger partial charge in [-0.15, -0.1) is 11.3 Å². The van der Waals surface area contributed by atoms with Gasteiger partial charge in [0.2, 0.25) is 0 Å². The second-order valence-electron chi connectivity index (χ2n) is 4.37. The largest absolute Gasteiger partial charge is 0.335 e. The van der Waals surface area contributed by atoms with Crippen molar-refractivity contribution >= 4 is 17.2 Å². The fourth-order valence-electron chi connectivity index (χ4n) is 1.67. The molecule has 6 heteroatoms. The van der Waals surface area contributed by atoms with Gasteiger partial charge in [-0.3, -0.25) is 9.59 Å². The molecule has 0 unspecified atom stereocenters. The van der Waals surface area contributed by atoms with Gasteiger partial charge in [-0.1, -0.05) is 0 Å². The Bertz CT molecular complexity index is 660. The lowest BCUT2D eigenvalue weighted by molar-refractivity contribution is 0.0778. The van der Waals surface area contributed by atoms with Crippen molar-refractivity contribution in [1.82, 2.24) is 14.7 Å². The summed E-state index contributed by atoms with van der Waals surface area (Å²) in [4.78, 5) is 26.2. The van der Waals surface area contributed by atoms with Crippen molar-refractivity contribution in [3.63, 3.8) is 0 Å². The van der Waals surface area contributed by atoms with Crippen LogP contribution in [0.15, 0.2) is 28.4 Å².